The number of hydrogen-bond donors (Lipinski definition) is 1. The molecule has 150 valence electrons. The standard InChI is InChI=1S/C22H23N3O4/c1-28-18-8-5-7-17(14-18)19-10-11-22(27)25(24-19)15-21(26)23-13-12-16-6-3-4-9-20(16)29-2/h3-11,14H,12-13,15H2,1-2H3,(H,23,26). The van der Waals surface area contributed by atoms with Gasteiger partial charge in [0, 0.05) is 18.2 Å². The summed E-state index contributed by atoms with van der Waals surface area (Å²) in [5.41, 5.74) is 2.06. The Balaban J connectivity index is 1.64. The number of amides is 1. The third-order valence-electron chi connectivity index (χ3n) is 4.43. The molecular weight excluding hydrogens is 370 g/mol. The maximum atomic E-state index is 12.3. The highest BCUT2D eigenvalue weighted by atomic mass is 16.5. The number of methoxy groups -OCH3 is 2. The molecule has 2 aromatic carbocycles. The van der Waals surface area contributed by atoms with Gasteiger partial charge in [-0.1, -0.05) is 30.3 Å². The van der Waals surface area contributed by atoms with Crippen LogP contribution in [-0.4, -0.2) is 36.5 Å². The third kappa shape index (κ3) is 5.22. The summed E-state index contributed by atoms with van der Waals surface area (Å²) in [6.07, 6.45) is 0.627. The Morgan fingerprint density at radius 1 is 1.03 bits per heavy atom. The van der Waals surface area contributed by atoms with Crippen LogP contribution in [0.2, 0.25) is 0 Å². The fraction of sp³-hybridized carbons (Fsp3) is 0.227. The summed E-state index contributed by atoms with van der Waals surface area (Å²) >= 11 is 0. The van der Waals surface area contributed by atoms with Gasteiger partial charge in [-0.25, -0.2) is 4.68 Å². The van der Waals surface area contributed by atoms with E-state index in [9.17, 15) is 9.59 Å². The lowest BCUT2D eigenvalue weighted by molar-refractivity contribution is -0.121. The third-order valence-corrected chi connectivity index (χ3v) is 4.43. The molecule has 0 spiro atoms. The highest BCUT2D eigenvalue weighted by molar-refractivity contribution is 5.75. The van der Waals surface area contributed by atoms with Crippen LogP contribution in [-0.2, 0) is 17.8 Å². The van der Waals surface area contributed by atoms with Crippen molar-refractivity contribution in [1.82, 2.24) is 15.1 Å². The molecule has 3 aromatic rings. The number of para-hydroxylation sites is 1. The largest absolute Gasteiger partial charge is 0.497 e. The van der Waals surface area contributed by atoms with Crippen molar-refractivity contribution in [2.24, 2.45) is 0 Å². The molecule has 0 saturated carbocycles. The van der Waals surface area contributed by atoms with E-state index in [1.807, 2.05) is 48.5 Å². The van der Waals surface area contributed by atoms with E-state index in [2.05, 4.69) is 10.4 Å². The first-order chi connectivity index (χ1) is 14.1. The molecule has 0 atom stereocenters. The summed E-state index contributed by atoms with van der Waals surface area (Å²) in [7, 11) is 3.20. The zero-order valence-corrected chi connectivity index (χ0v) is 16.4. The van der Waals surface area contributed by atoms with Crippen molar-refractivity contribution in [1.29, 1.82) is 0 Å². The number of carbonyl (C=O) groups excluding carboxylic acids is 1. The molecule has 7 nitrogen and oxygen atoms in total. The minimum atomic E-state index is -0.337. The van der Waals surface area contributed by atoms with Gasteiger partial charge in [-0.15, -0.1) is 0 Å². The normalized spacial score (nSPS) is 10.4. The fourth-order valence-corrected chi connectivity index (χ4v) is 2.94. The number of nitrogens with zero attached hydrogens (tertiary/aromatic N) is 2. The fourth-order valence-electron chi connectivity index (χ4n) is 2.94. The van der Waals surface area contributed by atoms with E-state index >= 15 is 0 Å². The zero-order valence-electron chi connectivity index (χ0n) is 16.4. The lowest BCUT2D eigenvalue weighted by Crippen LogP contribution is -2.34. The van der Waals surface area contributed by atoms with Crippen LogP contribution >= 0.6 is 0 Å². The van der Waals surface area contributed by atoms with Crippen molar-refractivity contribution in [3.8, 4) is 22.8 Å². The van der Waals surface area contributed by atoms with Crippen LogP contribution in [0.5, 0.6) is 11.5 Å². The maximum Gasteiger partial charge on any atom is 0.267 e. The lowest BCUT2D eigenvalue weighted by atomic mass is 10.1. The molecule has 29 heavy (non-hydrogen) atoms. The van der Waals surface area contributed by atoms with Gasteiger partial charge in [-0.05, 0) is 36.2 Å². The number of ether oxygens (including phenoxy) is 2. The summed E-state index contributed by atoms with van der Waals surface area (Å²) in [5, 5.41) is 7.14. The Labute approximate surface area is 168 Å². The Bertz CT molecular complexity index is 1050. The summed E-state index contributed by atoms with van der Waals surface area (Å²) in [6, 6.07) is 18.1. The molecule has 0 saturated heterocycles. The topological polar surface area (TPSA) is 82.5 Å². The van der Waals surface area contributed by atoms with E-state index in [1.165, 1.54) is 6.07 Å². The van der Waals surface area contributed by atoms with Crippen molar-refractivity contribution < 1.29 is 14.3 Å². The van der Waals surface area contributed by atoms with E-state index in [4.69, 9.17) is 9.47 Å². The maximum absolute atomic E-state index is 12.3. The first kappa shape index (κ1) is 20.1. The first-order valence-corrected chi connectivity index (χ1v) is 9.22. The molecule has 7 heteroatoms. The van der Waals surface area contributed by atoms with Crippen molar-refractivity contribution >= 4 is 5.91 Å². The monoisotopic (exact) mass is 393 g/mol. The average Bonchev–Trinajstić information content (AvgIpc) is 2.75. The van der Waals surface area contributed by atoms with Gasteiger partial charge >= 0.3 is 0 Å². The molecule has 0 fully saturated rings. The minimum absolute atomic E-state index is 0.150. The molecule has 0 aliphatic carbocycles. The number of hydrogen-bond acceptors (Lipinski definition) is 5. The van der Waals surface area contributed by atoms with Crippen molar-refractivity contribution in [2.75, 3.05) is 20.8 Å². The molecule has 0 aliphatic rings. The molecule has 1 aromatic heterocycles. The van der Waals surface area contributed by atoms with Crippen molar-refractivity contribution in [3.05, 3.63) is 76.6 Å². The van der Waals surface area contributed by atoms with Gasteiger partial charge in [0.15, 0.2) is 0 Å². The van der Waals surface area contributed by atoms with Crippen LogP contribution in [0.15, 0.2) is 65.5 Å². The molecule has 1 N–H and O–H groups in total. The van der Waals surface area contributed by atoms with E-state index in [0.29, 0.717) is 24.4 Å². The lowest BCUT2D eigenvalue weighted by Gasteiger charge is -2.10. The summed E-state index contributed by atoms with van der Waals surface area (Å²) in [4.78, 5) is 24.4. The molecule has 3 rings (SSSR count). The molecule has 0 radical (unpaired) electrons. The number of carbonyl (C=O) groups is 1. The Morgan fingerprint density at radius 2 is 1.86 bits per heavy atom. The molecular formula is C22H23N3O4. The Morgan fingerprint density at radius 3 is 2.66 bits per heavy atom. The van der Waals surface area contributed by atoms with Gasteiger partial charge in [-0.2, -0.15) is 5.10 Å². The minimum Gasteiger partial charge on any atom is -0.497 e. The van der Waals surface area contributed by atoms with E-state index in [0.717, 1.165) is 21.6 Å². The van der Waals surface area contributed by atoms with Crippen molar-refractivity contribution in [3.63, 3.8) is 0 Å². The molecule has 1 heterocycles. The van der Waals surface area contributed by atoms with Crippen LogP contribution in [0.25, 0.3) is 11.3 Å². The van der Waals surface area contributed by atoms with Gasteiger partial charge in [0.05, 0.1) is 19.9 Å². The van der Waals surface area contributed by atoms with Crippen LogP contribution < -0.4 is 20.3 Å². The highest BCUT2D eigenvalue weighted by Crippen LogP contribution is 2.21. The molecule has 0 aliphatic heterocycles. The van der Waals surface area contributed by atoms with Crippen molar-refractivity contribution in [2.45, 2.75) is 13.0 Å². The second-order valence-electron chi connectivity index (χ2n) is 6.36. The smallest absolute Gasteiger partial charge is 0.267 e. The molecule has 0 unspecified atom stereocenters. The van der Waals surface area contributed by atoms with E-state index < -0.39 is 0 Å². The quantitative estimate of drug-likeness (QED) is 0.635. The Hall–Kier alpha value is -3.61. The van der Waals surface area contributed by atoms with Crippen LogP contribution in [0.4, 0.5) is 0 Å². The van der Waals surface area contributed by atoms with Gasteiger partial charge in [0.1, 0.15) is 18.0 Å². The molecule has 0 bridgehead atoms. The predicted molar refractivity (Wildman–Crippen MR) is 110 cm³/mol. The van der Waals surface area contributed by atoms with Gasteiger partial charge in [0.2, 0.25) is 5.91 Å². The van der Waals surface area contributed by atoms with Gasteiger partial charge in [0.25, 0.3) is 5.56 Å². The summed E-state index contributed by atoms with van der Waals surface area (Å²) in [5.74, 6) is 1.19. The molecule has 1 amide bonds. The summed E-state index contributed by atoms with van der Waals surface area (Å²) in [6.45, 7) is 0.284. The van der Waals surface area contributed by atoms with Gasteiger partial charge in [-0.3, -0.25) is 9.59 Å². The summed E-state index contributed by atoms with van der Waals surface area (Å²) < 4.78 is 11.7. The van der Waals surface area contributed by atoms with Crippen LogP contribution in [0.1, 0.15) is 5.56 Å². The first-order valence-electron chi connectivity index (χ1n) is 9.22. The van der Waals surface area contributed by atoms with Crippen LogP contribution in [0.3, 0.4) is 0 Å². The second-order valence-corrected chi connectivity index (χ2v) is 6.36. The number of benzene rings is 2. The zero-order chi connectivity index (χ0) is 20.6. The van der Waals surface area contributed by atoms with E-state index in [-0.39, 0.29) is 18.0 Å². The second kappa shape index (κ2) is 9.54. The van der Waals surface area contributed by atoms with E-state index in [1.54, 1.807) is 20.3 Å². The van der Waals surface area contributed by atoms with Crippen LogP contribution in [0, 0.1) is 0 Å². The highest BCUT2D eigenvalue weighted by Gasteiger charge is 2.09. The van der Waals surface area contributed by atoms with Gasteiger partial charge < -0.3 is 14.8 Å². The number of rotatable bonds is 8. The average molecular weight is 393 g/mol. The number of aromatic nitrogens is 2. The predicted octanol–water partition coefficient (Wildman–Crippen LogP) is 2.29. The SMILES string of the molecule is COc1cccc(-c2ccc(=O)n(CC(=O)NCCc3ccccc3OC)n2)c1. The Kier molecular flexibility index (Phi) is 6.63. The number of nitrogens with one attached hydrogen (secondary N) is 1.